The summed E-state index contributed by atoms with van der Waals surface area (Å²) in [4.78, 5) is 11.9. The fourth-order valence-corrected chi connectivity index (χ4v) is 3.42. The number of furan rings is 1. The average molecular weight is 364 g/mol. The van der Waals surface area contributed by atoms with Gasteiger partial charge in [-0.05, 0) is 42.7 Å². The van der Waals surface area contributed by atoms with Crippen LogP contribution >= 0.6 is 0 Å². The molecule has 0 radical (unpaired) electrons. The third-order valence-electron chi connectivity index (χ3n) is 3.84. The summed E-state index contributed by atoms with van der Waals surface area (Å²) in [5.41, 5.74) is 1.77. The van der Waals surface area contributed by atoms with Crippen LogP contribution in [0.25, 0.3) is 0 Å². The first-order valence-corrected chi connectivity index (χ1v) is 10.1. The molecule has 0 saturated carbocycles. The van der Waals surface area contributed by atoms with Gasteiger partial charge < -0.3 is 9.73 Å². The molecule has 2 aromatic rings. The van der Waals surface area contributed by atoms with E-state index in [0.717, 1.165) is 12.0 Å². The van der Waals surface area contributed by atoms with Crippen molar-refractivity contribution in [1.29, 1.82) is 0 Å². The molecular weight excluding hydrogens is 340 g/mol. The summed E-state index contributed by atoms with van der Waals surface area (Å²) < 4.78 is 30.6. The number of carbonyl (C=O) groups is 1. The van der Waals surface area contributed by atoms with Gasteiger partial charge in [-0.3, -0.25) is 9.10 Å². The number of nitrogens with one attached hydrogen (secondary N) is 1. The highest BCUT2D eigenvalue weighted by Gasteiger charge is 2.17. The van der Waals surface area contributed by atoms with Crippen LogP contribution in [0.15, 0.2) is 47.1 Å². The molecule has 6 nitrogen and oxygen atoms in total. The van der Waals surface area contributed by atoms with Crippen molar-refractivity contribution < 1.29 is 17.6 Å². The second-order valence-electron chi connectivity index (χ2n) is 5.81. The maximum atomic E-state index is 12.1. The molecular formula is C18H24N2O4S. The zero-order valence-electron chi connectivity index (χ0n) is 14.6. The zero-order chi connectivity index (χ0) is 18.3. The SMILES string of the molecule is CCc1ccc(N(CCCC(=O)NCc2ccco2)S(C)(=O)=O)cc1. The lowest BCUT2D eigenvalue weighted by atomic mass is 10.1. The van der Waals surface area contributed by atoms with Gasteiger partial charge in [0.15, 0.2) is 0 Å². The smallest absolute Gasteiger partial charge is 0.232 e. The molecule has 1 aromatic heterocycles. The van der Waals surface area contributed by atoms with Crippen LogP contribution in [0.3, 0.4) is 0 Å². The Kier molecular flexibility index (Phi) is 6.64. The molecule has 7 heteroatoms. The average Bonchev–Trinajstić information content (AvgIpc) is 3.09. The van der Waals surface area contributed by atoms with E-state index in [9.17, 15) is 13.2 Å². The molecule has 1 amide bonds. The first kappa shape index (κ1) is 19.1. The van der Waals surface area contributed by atoms with Crippen molar-refractivity contribution in [3.63, 3.8) is 0 Å². The molecule has 136 valence electrons. The van der Waals surface area contributed by atoms with E-state index in [2.05, 4.69) is 5.32 Å². The Hall–Kier alpha value is -2.28. The van der Waals surface area contributed by atoms with Gasteiger partial charge in [-0.15, -0.1) is 0 Å². The second kappa shape index (κ2) is 8.71. The van der Waals surface area contributed by atoms with Crippen LogP contribution in [0.4, 0.5) is 5.69 Å². The Labute approximate surface area is 148 Å². The van der Waals surface area contributed by atoms with Gasteiger partial charge in [0.25, 0.3) is 0 Å². The van der Waals surface area contributed by atoms with E-state index in [1.54, 1.807) is 30.5 Å². The van der Waals surface area contributed by atoms with Gasteiger partial charge in [0, 0.05) is 13.0 Å². The Morgan fingerprint density at radius 3 is 2.48 bits per heavy atom. The van der Waals surface area contributed by atoms with Crippen molar-refractivity contribution in [2.24, 2.45) is 0 Å². The number of hydrogen-bond donors (Lipinski definition) is 1. The molecule has 1 aromatic carbocycles. The maximum Gasteiger partial charge on any atom is 0.232 e. The minimum Gasteiger partial charge on any atom is -0.467 e. The van der Waals surface area contributed by atoms with Gasteiger partial charge in [0.2, 0.25) is 15.9 Å². The number of aryl methyl sites for hydroxylation is 1. The molecule has 0 atom stereocenters. The summed E-state index contributed by atoms with van der Waals surface area (Å²) in [6.45, 7) is 2.64. The molecule has 1 N–H and O–H groups in total. The molecule has 0 aliphatic carbocycles. The minimum absolute atomic E-state index is 0.133. The van der Waals surface area contributed by atoms with Crippen molar-refractivity contribution in [3.05, 3.63) is 54.0 Å². The van der Waals surface area contributed by atoms with Crippen molar-refractivity contribution in [2.45, 2.75) is 32.7 Å². The monoisotopic (exact) mass is 364 g/mol. The maximum absolute atomic E-state index is 12.1. The number of carbonyl (C=O) groups excluding carboxylic acids is 1. The van der Waals surface area contributed by atoms with E-state index in [0.29, 0.717) is 24.4 Å². The second-order valence-corrected chi connectivity index (χ2v) is 7.72. The van der Waals surface area contributed by atoms with Gasteiger partial charge in [-0.25, -0.2) is 8.42 Å². The third-order valence-corrected chi connectivity index (χ3v) is 5.03. The van der Waals surface area contributed by atoms with Crippen LogP contribution in [-0.2, 0) is 27.8 Å². The first-order valence-electron chi connectivity index (χ1n) is 8.26. The quantitative estimate of drug-likeness (QED) is 0.742. The van der Waals surface area contributed by atoms with E-state index in [1.807, 2.05) is 19.1 Å². The molecule has 1 heterocycles. The van der Waals surface area contributed by atoms with Crippen LogP contribution in [0.2, 0.25) is 0 Å². The van der Waals surface area contributed by atoms with Gasteiger partial charge in [0.05, 0.1) is 24.8 Å². The lowest BCUT2D eigenvalue weighted by Gasteiger charge is -2.22. The van der Waals surface area contributed by atoms with E-state index < -0.39 is 10.0 Å². The fraction of sp³-hybridized carbons (Fsp3) is 0.389. The van der Waals surface area contributed by atoms with Gasteiger partial charge >= 0.3 is 0 Å². The number of hydrogen-bond acceptors (Lipinski definition) is 4. The number of amides is 1. The molecule has 0 fully saturated rings. The normalized spacial score (nSPS) is 11.3. The first-order chi connectivity index (χ1) is 11.9. The van der Waals surface area contributed by atoms with Crippen molar-refractivity contribution in [3.8, 4) is 0 Å². The van der Waals surface area contributed by atoms with Crippen molar-refractivity contribution >= 4 is 21.6 Å². The largest absolute Gasteiger partial charge is 0.467 e. The number of benzene rings is 1. The van der Waals surface area contributed by atoms with E-state index in [-0.39, 0.29) is 18.9 Å². The van der Waals surface area contributed by atoms with Crippen LogP contribution in [-0.4, -0.2) is 27.1 Å². The number of nitrogens with zero attached hydrogens (tertiary/aromatic N) is 1. The predicted molar refractivity (Wildman–Crippen MR) is 97.8 cm³/mol. The zero-order valence-corrected chi connectivity index (χ0v) is 15.4. The topological polar surface area (TPSA) is 79.6 Å². The van der Waals surface area contributed by atoms with Crippen molar-refractivity contribution in [2.75, 3.05) is 17.1 Å². The van der Waals surface area contributed by atoms with Crippen LogP contribution in [0.1, 0.15) is 31.1 Å². The van der Waals surface area contributed by atoms with E-state index in [1.165, 1.54) is 10.6 Å². The van der Waals surface area contributed by atoms with Crippen LogP contribution < -0.4 is 9.62 Å². The Bertz CT molecular complexity index is 768. The minimum atomic E-state index is -3.40. The van der Waals surface area contributed by atoms with E-state index >= 15 is 0 Å². The van der Waals surface area contributed by atoms with Gasteiger partial charge in [-0.2, -0.15) is 0 Å². The number of anilines is 1. The summed E-state index contributed by atoms with van der Waals surface area (Å²) in [7, 11) is -3.40. The van der Waals surface area contributed by atoms with Crippen LogP contribution in [0.5, 0.6) is 0 Å². The molecule has 2 rings (SSSR count). The molecule has 0 saturated heterocycles. The van der Waals surface area contributed by atoms with Gasteiger partial charge in [0.1, 0.15) is 5.76 Å². The third kappa shape index (κ3) is 5.94. The van der Waals surface area contributed by atoms with Crippen LogP contribution in [0, 0.1) is 0 Å². The highest BCUT2D eigenvalue weighted by molar-refractivity contribution is 7.92. The Morgan fingerprint density at radius 1 is 1.20 bits per heavy atom. The standard InChI is InChI=1S/C18H24N2O4S/c1-3-15-8-10-16(11-9-15)20(25(2,22)23)12-4-7-18(21)19-14-17-6-5-13-24-17/h5-6,8-11,13H,3-4,7,12,14H2,1-2H3,(H,19,21). The summed E-state index contributed by atoms with van der Waals surface area (Å²) in [6.07, 6.45) is 4.31. The van der Waals surface area contributed by atoms with E-state index in [4.69, 9.17) is 4.42 Å². The molecule has 25 heavy (non-hydrogen) atoms. The fourth-order valence-electron chi connectivity index (χ4n) is 2.45. The summed E-state index contributed by atoms with van der Waals surface area (Å²) in [6, 6.07) is 11.0. The predicted octanol–water partition coefficient (Wildman–Crippen LogP) is 2.70. The molecule has 0 aliphatic rings. The lowest BCUT2D eigenvalue weighted by Crippen LogP contribution is -2.32. The Balaban J connectivity index is 1.88. The highest BCUT2D eigenvalue weighted by Crippen LogP contribution is 2.19. The number of rotatable bonds is 9. The molecule has 0 spiro atoms. The van der Waals surface area contributed by atoms with Gasteiger partial charge in [-0.1, -0.05) is 19.1 Å². The summed E-state index contributed by atoms with van der Waals surface area (Å²) in [5, 5.41) is 2.75. The lowest BCUT2D eigenvalue weighted by molar-refractivity contribution is -0.121. The van der Waals surface area contributed by atoms with Crippen molar-refractivity contribution in [1.82, 2.24) is 5.32 Å². The summed E-state index contributed by atoms with van der Waals surface area (Å²) >= 11 is 0. The molecule has 0 aliphatic heterocycles. The highest BCUT2D eigenvalue weighted by atomic mass is 32.2. The summed E-state index contributed by atoms with van der Waals surface area (Å²) in [5.74, 6) is 0.549. The molecule has 0 bridgehead atoms. The molecule has 0 unspecified atom stereocenters. The Morgan fingerprint density at radius 2 is 1.92 bits per heavy atom. The number of sulfonamides is 1.